The summed E-state index contributed by atoms with van der Waals surface area (Å²) >= 11 is 12.5. The van der Waals surface area contributed by atoms with Crippen LogP contribution in [0.4, 0.5) is 0 Å². The molecular weight excluding hydrogens is 389 g/mol. The molecule has 27 heavy (non-hydrogen) atoms. The third-order valence-corrected chi connectivity index (χ3v) is 4.80. The van der Waals surface area contributed by atoms with Crippen LogP contribution >= 0.6 is 23.2 Å². The van der Waals surface area contributed by atoms with Crippen LogP contribution in [0.15, 0.2) is 47.3 Å². The van der Waals surface area contributed by atoms with Crippen molar-refractivity contribution in [2.24, 2.45) is 7.05 Å². The smallest absolute Gasteiger partial charge is 0.310 e. The first kappa shape index (κ1) is 17.6. The van der Waals surface area contributed by atoms with Gasteiger partial charge in [0, 0.05) is 24.4 Å². The molecule has 0 radical (unpaired) electrons. The number of esters is 1. The molecule has 0 amide bonds. The Kier molecular flexibility index (Phi) is 4.17. The van der Waals surface area contributed by atoms with E-state index in [9.17, 15) is 9.59 Å². The minimum atomic E-state index is -0.521. The third kappa shape index (κ3) is 2.78. The van der Waals surface area contributed by atoms with Gasteiger partial charge in [-0.2, -0.15) is 4.98 Å². The molecular formula is C19H13Cl2N3O3. The summed E-state index contributed by atoms with van der Waals surface area (Å²) in [4.78, 5) is 28.9. The zero-order chi connectivity index (χ0) is 19.3. The Bertz CT molecular complexity index is 1290. The molecule has 4 aromatic rings. The van der Waals surface area contributed by atoms with Crippen LogP contribution in [0.25, 0.3) is 27.6 Å². The number of para-hydroxylation sites is 1. The number of nitrogens with zero attached hydrogens (tertiary/aromatic N) is 3. The third-order valence-electron chi connectivity index (χ3n) is 4.24. The van der Waals surface area contributed by atoms with Gasteiger partial charge in [0.2, 0.25) is 0 Å². The first-order valence-electron chi connectivity index (χ1n) is 8.02. The van der Waals surface area contributed by atoms with Crippen molar-refractivity contribution in [1.82, 2.24) is 14.1 Å². The highest BCUT2D eigenvalue weighted by atomic mass is 35.5. The normalized spacial score (nSPS) is 11.3. The predicted octanol–water partition coefficient (Wildman–Crippen LogP) is 4.11. The van der Waals surface area contributed by atoms with Crippen LogP contribution in [-0.2, 0) is 11.8 Å². The van der Waals surface area contributed by atoms with E-state index in [1.807, 2.05) is 0 Å². The van der Waals surface area contributed by atoms with Crippen LogP contribution in [0.1, 0.15) is 6.92 Å². The van der Waals surface area contributed by atoms with Crippen molar-refractivity contribution in [1.29, 1.82) is 0 Å². The number of halogens is 2. The van der Waals surface area contributed by atoms with E-state index in [0.717, 1.165) is 5.39 Å². The van der Waals surface area contributed by atoms with E-state index in [1.165, 1.54) is 11.5 Å². The molecule has 2 aromatic carbocycles. The second kappa shape index (κ2) is 6.40. The topological polar surface area (TPSA) is 66.1 Å². The van der Waals surface area contributed by atoms with Crippen molar-refractivity contribution in [3.8, 4) is 11.7 Å². The summed E-state index contributed by atoms with van der Waals surface area (Å²) in [6.45, 7) is 1.28. The van der Waals surface area contributed by atoms with Crippen LogP contribution in [0.3, 0.4) is 0 Å². The Labute approximate surface area is 163 Å². The highest BCUT2D eigenvalue weighted by Crippen LogP contribution is 2.31. The molecule has 0 saturated carbocycles. The van der Waals surface area contributed by atoms with Crippen LogP contribution in [-0.4, -0.2) is 20.1 Å². The van der Waals surface area contributed by atoms with Crippen molar-refractivity contribution in [2.75, 3.05) is 0 Å². The average molecular weight is 402 g/mol. The van der Waals surface area contributed by atoms with Crippen molar-refractivity contribution >= 4 is 51.1 Å². The van der Waals surface area contributed by atoms with Crippen molar-refractivity contribution in [2.45, 2.75) is 6.92 Å². The van der Waals surface area contributed by atoms with Crippen LogP contribution < -0.4 is 10.3 Å². The van der Waals surface area contributed by atoms with E-state index in [-0.39, 0.29) is 17.1 Å². The molecule has 2 heterocycles. The molecule has 0 aliphatic heterocycles. The molecule has 136 valence electrons. The number of carbonyl (C=O) groups excluding carboxylic acids is 1. The van der Waals surface area contributed by atoms with Gasteiger partial charge in [0.05, 0.1) is 21.7 Å². The lowest BCUT2D eigenvalue weighted by atomic mass is 10.1. The van der Waals surface area contributed by atoms with Gasteiger partial charge in [-0.15, -0.1) is 0 Å². The van der Waals surface area contributed by atoms with Crippen LogP contribution in [0, 0.1) is 0 Å². The number of benzene rings is 2. The lowest BCUT2D eigenvalue weighted by Gasteiger charge is -2.13. The van der Waals surface area contributed by atoms with Crippen molar-refractivity contribution in [3.63, 3.8) is 0 Å². The maximum Gasteiger partial charge on any atom is 0.310 e. The predicted molar refractivity (Wildman–Crippen MR) is 105 cm³/mol. The molecule has 0 saturated heterocycles. The van der Waals surface area contributed by atoms with Gasteiger partial charge in [0.15, 0.2) is 5.52 Å². The van der Waals surface area contributed by atoms with Gasteiger partial charge in [-0.1, -0.05) is 35.3 Å². The molecule has 0 atom stereocenters. The zero-order valence-electron chi connectivity index (χ0n) is 14.4. The Hall–Kier alpha value is -2.83. The molecule has 6 nitrogen and oxygen atoms in total. The van der Waals surface area contributed by atoms with Gasteiger partial charge in [0.1, 0.15) is 0 Å². The first-order valence-corrected chi connectivity index (χ1v) is 8.78. The SMILES string of the molecule is CC(=O)Oc1nc2c(=O)n(-c3ccccc3Cl)c3cc(Cl)ccc3c2n1C. The van der Waals surface area contributed by atoms with Gasteiger partial charge in [0.25, 0.3) is 5.56 Å². The average Bonchev–Trinajstić information content (AvgIpc) is 2.93. The minimum absolute atomic E-state index is 0.0442. The molecule has 0 aliphatic carbocycles. The summed E-state index contributed by atoms with van der Waals surface area (Å²) in [6.07, 6.45) is 0. The highest BCUT2D eigenvalue weighted by molar-refractivity contribution is 6.33. The first-order chi connectivity index (χ1) is 12.9. The number of fused-ring (bicyclic) bond motifs is 3. The number of ether oxygens (including phenoxy) is 1. The van der Waals surface area contributed by atoms with E-state index >= 15 is 0 Å². The van der Waals surface area contributed by atoms with Crippen LogP contribution in [0.2, 0.25) is 10.0 Å². The summed E-state index contributed by atoms with van der Waals surface area (Å²) in [5.41, 5.74) is 1.42. The number of aryl methyl sites for hydroxylation is 1. The van der Waals surface area contributed by atoms with E-state index in [1.54, 1.807) is 54.1 Å². The summed E-state index contributed by atoms with van der Waals surface area (Å²) in [7, 11) is 1.68. The van der Waals surface area contributed by atoms with Crippen molar-refractivity contribution in [3.05, 3.63) is 62.9 Å². The van der Waals surface area contributed by atoms with Crippen LogP contribution in [0.5, 0.6) is 6.01 Å². The number of aromatic nitrogens is 3. The molecule has 0 N–H and O–H groups in total. The molecule has 0 aliphatic rings. The van der Waals surface area contributed by atoms with E-state index < -0.39 is 5.97 Å². The summed E-state index contributed by atoms with van der Waals surface area (Å²) < 4.78 is 8.18. The molecule has 8 heteroatoms. The number of pyridine rings is 1. The van der Waals surface area contributed by atoms with E-state index in [4.69, 9.17) is 27.9 Å². The highest BCUT2D eigenvalue weighted by Gasteiger charge is 2.21. The van der Waals surface area contributed by atoms with Gasteiger partial charge in [-0.3, -0.25) is 18.7 Å². The zero-order valence-corrected chi connectivity index (χ0v) is 15.9. The van der Waals surface area contributed by atoms with E-state index in [0.29, 0.717) is 26.8 Å². The summed E-state index contributed by atoms with van der Waals surface area (Å²) in [6, 6.07) is 12.3. The van der Waals surface area contributed by atoms with Gasteiger partial charge < -0.3 is 4.74 Å². The maximum absolute atomic E-state index is 13.3. The monoisotopic (exact) mass is 401 g/mol. The second-order valence-electron chi connectivity index (χ2n) is 6.00. The second-order valence-corrected chi connectivity index (χ2v) is 6.84. The maximum atomic E-state index is 13.3. The van der Waals surface area contributed by atoms with Crippen molar-refractivity contribution < 1.29 is 9.53 Å². The quantitative estimate of drug-likeness (QED) is 0.474. The Morgan fingerprint density at radius 2 is 1.89 bits per heavy atom. The lowest BCUT2D eigenvalue weighted by Crippen LogP contribution is -2.20. The molecule has 0 bridgehead atoms. The molecule has 0 spiro atoms. The van der Waals surface area contributed by atoms with Gasteiger partial charge in [-0.05, 0) is 30.3 Å². The number of hydrogen-bond acceptors (Lipinski definition) is 4. The number of hydrogen-bond donors (Lipinski definition) is 0. The van der Waals surface area contributed by atoms with E-state index in [2.05, 4.69) is 4.98 Å². The molecule has 4 rings (SSSR count). The fourth-order valence-electron chi connectivity index (χ4n) is 3.13. The molecule has 2 aromatic heterocycles. The summed E-state index contributed by atoms with van der Waals surface area (Å²) in [5.74, 6) is -0.521. The standard InChI is InChI=1S/C19H13Cl2N3O3/c1-10(25)27-19-22-16-17(23(19)2)12-8-7-11(20)9-15(12)24(18(16)26)14-6-4-3-5-13(14)21/h3-9H,1-2H3. The number of carbonyl (C=O) groups is 1. The Morgan fingerprint density at radius 3 is 2.59 bits per heavy atom. The van der Waals surface area contributed by atoms with Gasteiger partial charge >= 0.3 is 12.0 Å². The molecule has 0 unspecified atom stereocenters. The number of rotatable bonds is 2. The molecule has 0 fully saturated rings. The number of imidazole rings is 1. The fraction of sp³-hybridized carbons (Fsp3) is 0.105. The summed E-state index contributed by atoms with van der Waals surface area (Å²) in [5, 5.41) is 1.61. The lowest BCUT2D eigenvalue weighted by molar-refractivity contribution is -0.132. The Morgan fingerprint density at radius 1 is 1.15 bits per heavy atom. The van der Waals surface area contributed by atoms with Gasteiger partial charge in [-0.25, -0.2) is 0 Å². The fourth-order valence-corrected chi connectivity index (χ4v) is 3.52. The minimum Gasteiger partial charge on any atom is -0.392 e. The Balaban J connectivity index is 2.22. The largest absolute Gasteiger partial charge is 0.392 e.